The molecule has 0 unspecified atom stereocenters. The van der Waals surface area contributed by atoms with Crippen molar-refractivity contribution >= 4 is 5.69 Å². The van der Waals surface area contributed by atoms with E-state index in [0.717, 1.165) is 19.6 Å². The lowest BCUT2D eigenvalue weighted by Crippen LogP contribution is -2.24. The van der Waals surface area contributed by atoms with E-state index in [1.807, 2.05) is 31.8 Å². The highest BCUT2D eigenvalue weighted by Gasteiger charge is 2.09. The van der Waals surface area contributed by atoms with E-state index in [-0.39, 0.29) is 0 Å². The van der Waals surface area contributed by atoms with Gasteiger partial charge in [0.15, 0.2) is 0 Å². The van der Waals surface area contributed by atoms with E-state index in [9.17, 15) is 0 Å². The number of nitrogens with one attached hydrogen (secondary N) is 1. The molecule has 2 heterocycles. The molecule has 0 fully saturated rings. The van der Waals surface area contributed by atoms with Gasteiger partial charge in [-0.2, -0.15) is 0 Å². The minimum absolute atomic E-state index is 0.829. The van der Waals surface area contributed by atoms with Crippen molar-refractivity contribution in [3.63, 3.8) is 0 Å². The van der Waals surface area contributed by atoms with Crippen LogP contribution in [0.4, 0.5) is 5.69 Å². The molecule has 0 aliphatic rings. The fourth-order valence-corrected chi connectivity index (χ4v) is 2.13. The Morgan fingerprint density at radius 2 is 1.84 bits per heavy atom. The molecule has 100 valence electrons. The van der Waals surface area contributed by atoms with E-state index in [1.165, 1.54) is 16.8 Å². The highest BCUT2D eigenvalue weighted by molar-refractivity contribution is 5.52. The molecule has 0 radical (unpaired) electrons. The first-order valence-corrected chi connectivity index (χ1v) is 6.56. The maximum absolute atomic E-state index is 4.21. The minimum Gasteiger partial charge on any atom is -0.367 e. The van der Waals surface area contributed by atoms with Gasteiger partial charge in [0.05, 0.1) is 0 Å². The summed E-state index contributed by atoms with van der Waals surface area (Å²) in [5.41, 5.74) is 3.73. The summed E-state index contributed by atoms with van der Waals surface area (Å²) < 4.78 is 0. The van der Waals surface area contributed by atoms with Crippen LogP contribution in [0, 0.1) is 0 Å². The van der Waals surface area contributed by atoms with Crippen molar-refractivity contribution < 1.29 is 0 Å². The highest BCUT2D eigenvalue weighted by Crippen LogP contribution is 2.21. The molecule has 4 heteroatoms. The molecule has 0 aliphatic carbocycles. The summed E-state index contributed by atoms with van der Waals surface area (Å²) in [4.78, 5) is 10.6. The van der Waals surface area contributed by atoms with Crippen LogP contribution in [0.3, 0.4) is 0 Å². The topological polar surface area (TPSA) is 41.1 Å². The van der Waals surface area contributed by atoms with Crippen LogP contribution in [-0.4, -0.2) is 23.6 Å². The predicted octanol–water partition coefficient (Wildman–Crippen LogP) is 2.22. The molecule has 0 atom stereocenters. The van der Waals surface area contributed by atoms with Gasteiger partial charge in [0.2, 0.25) is 0 Å². The number of aromatic nitrogens is 2. The largest absolute Gasteiger partial charge is 0.367 e. The molecule has 1 N–H and O–H groups in total. The van der Waals surface area contributed by atoms with Crippen LogP contribution in [0.15, 0.2) is 43.0 Å². The summed E-state index contributed by atoms with van der Waals surface area (Å²) in [7, 11) is 1.95. The van der Waals surface area contributed by atoms with Crippen molar-refractivity contribution in [1.29, 1.82) is 0 Å². The Morgan fingerprint density at radius 3 is 2.53 bits per heavy atom. The first-order valence-electron chi connectivity index (χ1n) is 6.56. The van der Waals surface area contributed by atoms with E-state index < -0.39 is 0 Å². The van der Waals surface area contributed by atoms with Crippen LogP contribution in [-0.2, 0) is 13.1 Å². The highest BCUT2D eigenvalue weighted by atomic mass is 15.1. The van der Waals surface area contributed by atoms with E-state index >= 15 is 0 Å². The summed E-state index contributed by atoms with van der Waals surface area (Å²) in [6, 6.07) is 6.19. The van der Waals surface area contributed by atoms with Crippen LogP contribution >= 0.6 is 0 Å². The standard InChI is InChI=1S/C15H20N4/c1-3-19(12-13-4-7-17-8-5-13)15-6-9-18-11-14(15)10-16-2/h4-9,11,16H,3,10,12H2,1-2H3. The zero-order valence-corrected chi connectivity index (χ0v) is 11.5. The van der Waals surface area contributed by atoms with Crippen molar-refractivity contribution in [2.75, 3.05) is 18.5 Å². The Labute approximate surface area is 114 Å². The minimum atomic E-state index is 0.829. The van der Waals surface area contributed by atoms with Crippen LogP contribution in [0.5, 0.6) is 0 Å². The van der Waals surface area contributed by atoms with Gasteiger partial charge in [0.25, 0.3) is 0 Å². The summed E-state index contributed by atoms with van der Waals surface area (Å²) >= 11 is 0. The molecule has 0 saturated heterocycles. The van der Waals surface area contributed by atoms with Crippen molar-refractivity contribution in [2.45, 2.75) is 20.0 Å². The van der Waals surface area contributed by atoms with Crippen molar-refractivity contribution in [3.8, 4) is 0 Å². The Morgan fingerprint density at radius 1 is 1.11 bits per heavy atom. The molecule has 2 aromatic heterocycles. The first-order chi connectivity index (χ1) is 9.35. The van der Waals surface area contributed by atoms with Crippen LogP contribution < -0.4 is 10.2 Å². The molecule has 2 rings (SSSR count). The third-order valence-corrected chi connectivity index (χ3v) is 3.09. The van der Waals surface area contributed by atoms with Crippen LogP contribution in [0.1, 0.15) is 18.1 Å². The Kier molecular flexibility index (Phi) is 4.86. The first kappa shape index (κ1) is 13.5. The molecular formula is C15H20N4. The Bertz CT molecular complexity index is 499. The number of nitrogens with zero attached hydrogens (tertiary/aromatic N) is 3. The van der Waals surface area contributed by atoms with Gasteiger partial charge in [-0.25, -0.2) is 0 Å². The number of hydrogen-bond acceptors (Lipinski definition) is 4. The van der Waals surface area contributed by atoms with Gasteiger partial charge in [-0.15, -0.1) is 0 Å². The molecule has 0 aliphatic heterocycles. The van der Waals surface area contributed by atoms with Gasteiger partial charge in [-0.1, -0.05) is 0 Å². The fourth-order valence-electron chi connectivity index (χ4n) is 2.13. The van der Waals surface area contributed by atoms with Gasteiger partial charge < -0.3 is 10.2 Å². The van der Waals surface area contributed by atoms with Crippen molar-refractivity contribution in [1.82, 2.24) is 15.3 Å². The molecule has 4 nitrogen and oxygen atoms in total. The molecule has 2 aromatic rings. The lowest BCUT2D eigenvalue weighted by molar-refractivity contribution is 0.780. The van der Waals surface area contributed by atoms with Crippen molar-refractivity contribution in [2.24, 2.45) is 0 Å². The quantitative estimate of drug-likeness (QED) is 0.860. The molecule has 0 spiro atoms. The molecular weight excluding hydrogens is 236 g/mol. The number of rotatable bonds is 6. The Hall–Kier alpha value is -1.94. The van der Waals surface area contributed by atoms with Gasteiger partial charge >= 0.3 is 0 Å². The summed E-state index contributed by atoms with van der Waals surface area (Å²) in [6.07, 6.45) is 7.46. The second-order valence-corrected chi connectivity index (χ2v) is 4.40. The normalized spacial score (nSPS) is 10.4. The van der Waals surface area contributed by atoms with Gasteiger partial charge in [-0.3, -0.25) is 9.97 Å². The average Bonchev–Trinajstić information content (AvgIpc) is 2.47. The summed E-state index contributed by atoms with van der Waals surface area (Å²) in [6.45, 7) is 4.85. The second kappa shape index (κ2) is 6.85. The maximum Gasteiger partial charge on any atom is 0.0445 e. The summed E-state index contributed by atoms with van der Waals surface area (Å²) in [5, 5.41) is 3.19. The van der Waals surface area contributed by atoms with Crippen molar-refractivity contribution in [3.05, 3.63) is 54.1 Å². The number of pyridine rings is 2. The fraction of sp³-hybridized carbons (Fsp3) is 0.333. The van der Waals surface area contributed by atoms with E-state index in [0.29, 0.717) is 0 Å². The molecule has 0 bridgehead atoms. The SMILES string of the molecule is CCN(Cc1ccncc1)c1ccncc1CNC. The van der Waals surface area contributed by atoms with Gasteiger partial charge in [0.1, 0.15) is 0 Å². The predicted molar refractivity (Wildman–Crippen MR) is 78.0 cm³/mol. The Balaban J connectivity index is 2.22. The lowest BCUT2D eigenvalue weighted by Gasteiger charge is -2.25. The van der Waals surface area contributed by atoms with Crippen LogP contribution in [0.25, 0.3) is 0 Å². The van der Waals surface area contributed by atoms with Crippen LogP contribution in [0.2, 0.25) is 0 Å². The zero-order valence-electron chi connectivity index (χ0n) is 11.5. The second-order valence-electron chi connectivity index (χ2n) is 4.40. The number of anilines is 1. The zero-order chi connectivity index (χ0) is 13.5. The smallest absolute Gasteiger partial charge is 0.0445 e. The third kappa shape index (κ3) is 3.51. The van der Waals surface area contributed by atoms with E-state index in [4.69, 9.17) is 0 Å². The van der Waals surface area contributed by atoms with Gasteiger partial charge in [-0.05, 0) is 37.7 Å². The molecule has 19 heavy (non-hydrogen) atoms. The van der Waals surface area contributed by atoms with E-state index in [1.54, 1.807) is 0 Å². The average molecular weight is 256 g/mol. The maximum atomic E-state index is 4.21. The van der Waals surface area contributed by atoms with E-state index in [2.05, 4.69) is 45.3 Å². The molecule has 0 amide bonds. The van der Waals surface area contributed by atoms with Gasteiger partial charge in [0, 0.05) is 55.7 Å². The lowest BCUT2D eigenvalue weighted by atomic mass is 10.2. The summed E-state index contributed by atoms with van der Waals surface area (Å²) in [5.74, 6) is 0. The molecule has 0 aromatic carbocycles. The monoisotopic (exact) mass is 256 g/mol. The third-order valence-electron chi connectivity index (χ3n) is 3.09. The number of hydrogen-bond donors (Lipinski definition) is 1. The molecule has 0 saturated carbocycles.